The second-order valence-electron chi connectivity index (χ2n) is 5.69. The second kappa shape index (κ2) is 8.47. The zero-order valence-electron chi connectivity index (χ0n) is 15.7. The van der Waals surface area contributed by atoms with Crippen molar-refractivity contribution in [2.24, 2.45) is 0 Å². The number of aryl methyl sites for hydroxylation is 1. The van der Waals surface area contributed by atoms with Gasteiger partial charge in [0.05, 0.1) is 17.5 Å². The van der Waals surface area contributed by atoms with E-state index in [1.165, 1.54) is 0 Å². The first-order valence-corrected chi connectivity index (χ1v) is 10.9. The molecule has 0 spiro atoms. The molecule has 5 nitrogen and oxygen atoms in total. The average molecular weight is 404 g/mol. The van der Waals surface area contributed by atoms with E-state index in [1.807, 2.05) is 26.8 Å². The maximum absolute atomic E-state index is 11.3. The predicted octanol–water partition coefficient (Wildman–Crippen LogP) is 5.25. The number of benzene rings is 2. The molecule has 0 radical (unpaired) electrons. The van der Waals surface area contributed by atoms with Crippen LogP contribution in [-0.4, -0.2) is 19.2 Å². The molecule has 7 heteroatoms. The molecule has 0 aliphatic rings. The van der Waals surface area contributed by atoms with E-state index >= 15 is 0 Å². The first-order valence-electron chi connectivity index (χ1n) is 8.64. The SMILES string of the molecule is CC.CCn1c(-c2ccc(NS(C)(=O)=O)cc2)c(C#N)c2cc(Cl)ccc21. The number of anilines is 1. The molecule has 0 atom stereocenters. The molecule has 0 bridgehead atoms. The molecule has 1 heterocycles. The van der Waals surface area contributed by atoms with Crippen LogP contribution < -0.4 is 4.72 Å². The van der Waals surface area contributed by atoms with Gasteiger partial charge in [-0.05, 0) is 42.8 Å². The highest BCUT2D eigenvalue weighted by atomic mass is 35.5. The van der Waals surface area contributed by atoms with Gasteiger partial charge < -0.3 is 4.57 Å². The van der Waals surface area contributed by atoms with Gasteiger partial charge in [0.2, 0.25) is 10.0 Å². The maximum Gasteiger partial charge on any atom is 0.229 e. The molecule has 27 heavy (non-hydrogen) atoms. The van der Waals surface area contributed by atoms with E-state index in [-0.39, 0.29) is 0 Å². The highest BCUT2D eigenvalue weighted by Gasteiger charge is 2.18. The summed E-state index contributed by atoms with van der Waals surface area (Å²) in [4.78, 5) is 0. The largest absolute Gasteiger partial charge is 0.340 e. The quantitative estimate of drug-likeness (QED) is 0.646. The molecule has 0 unspecified atom stereocenters. The van der Waals surface area contributed by atoms with Crippen LogP contribution in [0, 0.1) is 11.3 Å². The van der Waals surface area contributed by atoms with Crippen molar-refractivity contribution in [3.63, 3.8) is 0 Å². The molecule has 0 aliphatic heterocycles. The van der Waals surface area contributed by atoms with Gasteiger partial charge in [0.25, 0.3) is 0 Å². The monoisotopic (exact) mass is 403 g/mol. The lowest BCUT2D eigenvalue weighted by Gasteiger charge is -2.10. The maximum atomic E-state index is 11.3. The number of hydrogen-bond acceptors (Lipinski definition) is 3. The predicted molar refractivity (Wildman–Crippen MR) is 113 cm³/mol. The van der Waals surface area contributed by atoms with Crippen molar-refractivity contribution in [3.8, 4) is 17.3 Å². The summed E-state index contributed by atoms with van der Waals surface area (Å²) in [6.07, 6.45) is 1.10. The topological polar surface area (TPSA) is 74.9 Å². The lowest BCUT2D eigenvalue weighted by Crippen LogP contribution is -2.09. The molecule has 142 valence electrons. The van der Waals surface area contributed by atoms with Crippen molar-refractivity contribution >= 4 is 38.2 Å². The summed E-state index contributed by atoms with van der Waals surface area (Å²) in [7, 11) is -3.33. The molecule has 3 aromatic rings. The van der Waals surface area contributed by atoms with E-state index in [0.29, 0.717) is 22.8 Å². The summed E-state index contributed by atoms with van der Waals surface area (Å²) in [6, 6.07) is 14.8. The number of halogens is 1. The van der Waals surface area contributed by atoms with Crippen LogP contribution in [0.15, 0.2) is 42.5 Å². The van der Waals surface area contributed by atoms with E-state index in [2.05, 4.69) is 15.4 Å². The van der Waals surface area contributed by atoms with Gasteiger partial charge in [-0.25, -0.2) is 8.42 Å². The molecule has 2 aromatic carbocycles. The zero-order chi connectivity index (χ0) is 20.2. The van der Waals surface area contributed by atoms with E-state index in [0.717, 1.165) is 28.4 Å². The Labute approximate surface area is 165 Å². The first kappa shape index (κ1) is 20.8. The molecule has 0 aliphatic carbocycles. The summed E-state index contributed by atoms with van der Waals surface area (Å²) in [5.41, 5.74) is 3.62. The second-order valence-corrected chi connectivity index (χ2v) is 7.88. The normalized spacial score (nSPS) is 10.8. The highest BCUT2D eigenvalue weighted by molar-refractivity contribution is 7.92. The Hall–Kier alpha value is -2.49. The van der Waals surface area contributed by atoms with Gasteiger partial charge in [0.1, 0.15) is 6.07 Å². The summed E-state index contributed by atoms with van der Waals surface area (Å²) >= 11 is 6.10. The Morgan fingerprint density at radius 3 is 2.30 bits per heavy atom. The third-order valence-electron chi connectivity index (χ3n) is 3.92. The van der Waals surface area contributed by atoms with Crippen LogP contribution in [0.1, 0.15) is 26.3 Å². The molecular formula is C20H22ClN3O2S. The van der Waals surface area contributed by atoms with Crippen LogP contribution >= 0.6 is 11.6 Å². The Bertz CT molecular complexity index is 1090. The molecule has 0 fully saturated rings. The van der Waals surface area contributed by atoms with Crippen LogP contribution in [-0.2, 0) is 16.6 Å². The minimum atomic E-state index is -3.33. The molecular weight excluding hydrogens is 382 g/mol. The smallest absolute Gasteiger partial charge is 0.229 e. The average Bonchev–Trinajstić information content (AvgIpc) is 2.95. The first-order chi connectivity index (χ1) is 12.8. The molecule has 0 saturated heterocycles. The number of aromatic nitrogens is 1. The third kappa shape index (κ3) is 4.44. The van der Waals surface area contributed by atoms with Crippen molar-refractivity contribution in [2.75, 3.05) is 11.0 Å². The van der Waals surface area contributed by atoms with Crippen LogP contribution in [0.3, 0.4) is 0 Å². The summed E-state index contributed by atoms with van der Waals surface area (Å²) in [5.74, 6) is 0. The number of nitrogens with zero attached hydrogens (tertiary/aromatic N) is 2. The molecule has 1 aromatic heterocycles. The molecule has 1 N–H and O–H groups in total. The van der Waals surface area contributed by atoms with Crippen LogP contribution in [0.5, 0.6) is 0 Å². The number of sulfonamides is 1. The van der Waals surface area contributed by atoms with Crippen molar-refractivity contribution in [2.45, 2.75) is 27.3 Å². The van der Waals surface area contributed by atoms with Gasteiger partial charge in [0, 0.05) is 28.2 Å². The lowest BCUT2D eigenvalue weighted by atomic mass is 10.1. The third-order valence-corrected chi connectivity index (χ3v) is 4.76. The fourth-order valence-electron chi connectivity index (χ4n) is 2.98. The molecule has 0 saturated carbocycles. The molecule has 3 rings (SSSR count). The summed E-state index contributed by atoms with van der Waals surface area (Å²) < 4.78 is 27.2. The fraction of sp³-hybridized carbons (Fsp3) is 0.250. The zero-order valence-corrected chi connectivity index (χ0v) is 17.3. The number of nitrogens with one attached hydrogen (secondary N) is 1. The van der Waals surface area contributed by atoms with Gasteiger partial charge in [-0.2, -0.15) is 5.26 Å². The van der Waals surface area contributed by atoms with Crippen LogP contribution in [0.25, 0.3) is 22.2 Å². The van der Waals surface area contributed by atoms with Crippen LogP contribution in [0.4, 0.5) is 5.69 Å². The van der Waals surface area contributed by atoms with Gasteiger partial charge in [-0.15, -0.1) is 0 Å². The van der Waals surface area contributed by atoms with Crippen molar-refractivity contribution in [1.29, 1.82) is 5.26 Å². The Kier molecular flexibility index (Phi) is 6.53. The van der Waals surface area contributed by atoms with Gasteiger partial charge in [0.15, 0.2) is 0 Å². The summed E-state index contributed by atoms with van der Waals surface area (Å²) in [6.45, 7) is 6.71. The number of hydrogen-bond donors (Lipinski definition) is 1. The number of fused-ring (bicyclic) bond motifs is 1. The molecule has 0 amide bonds. The minimum Gasteiger partial charge on any atom is -0.340 e. The van der Waals surface area contributed by atoms with E-state index in [1.54, 1.807) is 36.4 Å². The summed E-state index contributed by atoms with van der Waals surface area (Å²) in [5, 5.41) is 11.1. The van der Waals surface area contributed by atoms with Crippen molar-refractivity contribution in [3.05, 3.63) is 53.1 Å². The van der Waals surface area contributed by atoms with E-state index in [4.69, 9.17) is 11.6 Å². The van der Waals surface area contributed by atoms with E-state index < -0.39 is 10.0 Å². The Morgan fingerprint density at radius 2 is 1.78 bits per heavy atom. The number of rotatable bonds is 4. The highest BCUT2D eigenvalue weighted by Crippen LogP contribution is 2.35. The van der Waals surface area contributed by atoms with Crippen LogP contribution in [0.2, 0.25) is 5.02 Å². The van der Waals surface area contributed by atoms with Gasteiger partial charge >= 0.3 is 0 Å². The fourth-order valence-corrected chi connectivity index (χ4v) is 3.72. The van der Waals surface area contributed by atoms with Gasteiger partial charge in [-0.1, -0.05) is 37.6 Å². The Morgan fingerprint density at radius 1 is 1.15 bits per heavy atom. The van der Waals surface area contributed by atoms with E-state index in [9.17, 15) is 13.7 Å². The standard InChI is InChI=1S/C18H16ClN3O2S.C2H6/c1-3-22-17-9-6-13(19)10-15(17)16(11-20)18(22)12-4-7-14(8-5-12)21-25(2,23)24;1-2/h4-10,21H,3H2,1-2H3;1-2H3. The Balaban J connectivity index is 0.00000126. The van der Waals surface area contributed by atoms with Gasteiger partial charge in [-0.3, -0.25) is 4.72 Å². The number of nitriles is 1. The lowest BCUT2D eigenvalue weighted by molar-refractivity contribution is 0.607. The minimum absolute atomic E-state index is 0.479. The van der Waals surface area contributed by atoms with Crippen molar-refractivity contribution < 1.29 is 8.42 Å². The van der Waals surface area contributed by atoms with Crippen molar-refractivity contribution in [1.82, 2.24) is 4.57 Å².